The van der Waals surface area contributed by atoms with Gasteiger partial charge in [0.2, 0.25) is 0 Å². The lowest BCUT2D eigenvalue weighted by Crippen LogP contribution is -2.51. The van der Waals surface area contributed by atoms with E-state index >= 15 is 0 Å². The number of piperidine rings is 1. The Balaban J connectivity index is 1.82. The van der Waals surface area contributed by atoms with Gasteiger partial charge in [0.25, 0.3) is 0 Å². The quantitative estimate of drug-likeness (QED) is 0.772. The van der Waals surface area contributed by atoms with Gasteiger partial charge in [0, 0.05) is 25.0 Å². The van der Waals surface area contributed by atoms with Crippen molar-refractivity contribution in [2.24, 2.45) is 5.92 Å². The Morgan fingerprint density at radius 2 is 2.06 bits per heavy atom. The first-order valence-corrected chi connectivity index (χ1v) is 6.94. The van der Waals surface area contributed by atoms with Crippen molar-refractivity contribution in [1.82, 2.24) is 10.2 Å². The van der Waals surface area contributed by atoms with Gasteiger partial charge in [-0.1, -0.05) is 19.8 Å². The van der Waals surface area contributed by atoms with Crippen LogP contribution in [0.15, 0.2) is 0 Å². The minimum absolute atomic E-state index is 0.0715. The Bertz CT molecular complexity index is 264. The number of nitrogens with one attached hydrogen (secondary N) is 1. The van der Waals surface area contributed by atoms with Crippen molar-refractivity contribution < 1.29 is 9.90 Å². The summed E-state index contributed by atoms with van der Waals surface area (Å²) in [4.78, 5) is 13.9. The van der Waals surface area contributed by atoms with E-state index in [1.165, 1.54) is 12.8 Å². The molecule has 1 aliphatic carbocycles. The number of aliphatic hydroxyl groups is 1. The minimum atomic E-state index is -0.226. The van der Waals surface area contributed by atoms with Gasteiger partial charge in [-0.05, 0) is 25.7 Å². The summed E-state index contributed by atoms with van der Waals surface area (Å²) in [6.07, 6.45) is 6.15. The first kappa shape index (κ1) is 12.7. The standard InChI is InChI=1S/C13H24N2O2/c1-2-10-9-15(8-7-12(10)16)13(17)14-11-5-3-4-6-11/h10-12,16H,2-9H2,1H3,(H,14,17). The van der Waals surface area contributed by atoms with Crippen LogP contribution in [-0.2, 0) is 0 Å². The molecule has 0 spiro atoms. The van der Waals surface area contributed by atoms with E-state index in [0.29, 0.717) is 19.1 Å². The van der Waals surface area contributed by atoms with Crippen LogP contribution in [0.5, 0.6) is 0 Å². The Morgan fingerprint density at radius 1 is 1.35 bits per heavy atom. The molecule has 0 aromatic carbocycles. The predicted molar refractivity (Wildman–Crippen MR) is 66.8 cm³/mol. The number of likely N-dealkylation sites (tertiary alicyclic amines) is 1. The molecule has 2 amide bonds. The van der Waals surface area contributed by atoms with Crippen molar-refractivity contribution in [3.8, 4) is 0 Å². The lowest BCUT2D eigenvalue weighted by atomic mass is 9.93. The molecule has 1 saturated heterocycles. The fourth-order valence-electron chi connectivity index (χ4n) is 2.94. The maximum Gasteiger partial charge on any atom is 0.317 e. The predicted octanol–water partition coefficient (Wildman–Crippen LogP) is 1.73. The largest absolute Gasteiger partial charge is 0.393 e. The van der Waals surface area contributed by atoms with E-state index in [2.05, 4.69) is 12.2 Å². The third kappa shape index (κ3) is 3.12. The van der Waals surface area contributed by atoms with E-state index in [9.17, 15) is 9.90 Å². The highest BCUT2D eigenvalue weighted by molar-refractivity contribution is 5.74. The Hall–Kier alpha value is -0.770. The number of rotatable bonds is 2. The second-order valence-corrected chi connectivity index (χ2v) is 5.40. The summed E-state index contributed by atoms with van der Waals surface area (Å²) in [5, 5.41) is 12.9. The van der Waals surface area contributed by atoms with E-state index in [1.54, 1.807) is 0 Å². The first-order chi connectivity index (χ1) is 8.20. The Labute approximate surface area is 103 Å². The molecule has 1 heterocycles. The third-order valence-corrected chi connectivity index (χ3v) is 4.19. The normalized spacial score (nSPS) is 30.6. The number of carbonyl (C=O) groups excluding carboxylic acids is 1. The van der Waals surface area contributed by atoms with Crippen molar-refractivity contribution in [1.29, 1.82) is 0 Å². The van der Waals surface area contributed by atoms with Gasteiger partial charge in [-0.25, -0.2) is 4.79 Å². The average Bonchev–Trinajstić information content (AvgIpc) is 2.82. The summed E-state index contributed by atoms with van der Waals surface area (Å²) < 4.78 is 0. The zero-order valence-corrected chi connectivity index (χ0v) is 10.7. The van der Waals surface area contributed by atoms with Crippen LogP contribution < -0.4 is 5.32 Å². The van der Waals surface area contributed by atoms with Crippen molar-refractivity contribution in [2.75, 3.05) is 13.1 Å². The molecule has 2 N–H and O–H groups in total. The first-order valence-electron chi connectivity index (χ1n) is 6.94. The van der Waals surface area contributed by atoms with E-state index < -0.39 is 0 Å². The number of hydrogen-bond acceptors (Lipinski definition) is 2. The SMILES string of the molecule is CCC1CN(C(=O)NC2CCCC2)CCC1O. The van der Waals surface area contributed by atoms with Gasteiger partial charge in [-0.2, -0.15) is 0 Å². The summed E-state index contributed by atoms with van der Waals surface area (Å²) in [5.41, 5.74) is 0. The fraction of sp³-hybridized carbons (Fsp3) is 0.923. The van der Waals surface area contributed by atoms with Gasteiger partial charge in [-0.15, -0.1) is 0 Å². The summed E-state index contributed by atoms with van der Waals surface area (Å²) in [6, 6.07) is 0.455. The van der Waals surface area contributed by atoms with Crippen molar-refractivity contribution in [3.05, 3.63) is 0 Å². The second-order valence-electron chi connectivity index (χ2n) is 5.40. The molecule has 98 valence electrons. The molecule has 1 saturated carbocycles. The van der Waals surface area contributed by atoms with Crippen LogP contribution in [0.3, 0.4) is 0 Å². The summed E-state index contributed by atoms with van der Waals surface area (Å²) in [7, 11) is 0. The van der Waals surface area contributed by atoms with Gasteiger partial charge in [0.15, 0.2) is 0 Å². The fourth-order valence-corrected chi connectivity index (χ4v) is 2.94. The highest BCUT2D eigenvalue weighted by atomic mass is 16.3. The highest BCUT2D eigenvalue weighted by Crippen LogP contribution is 2.21. The lowest BCUT2D eigenvalue weighted by molar-refractivity contribution is 0.0377. The van der Waals surface area contributed by atoms with Crippen LogP contribution in [0, 0.1) is 5.92 Å². The monoisotopic (exact) mass is 240 g/mol. The molecule has 2 aliphatic rings. The smallest absolute Gasteiger partial charge is 0.317 e. The molecular weight excluding hydrogens is 216 g/mol. The van der Waals surface area contributed by atoms with Gasteiger partial charge >= 0.3 is 6.03 Å². The molecule has 2 fully saturated rings. The van der Waals surface area contributed by atoms with Gasteiger partial charge in [0.05, 0.1) is 6.10 Å². The van der Waals surface area contributed by atoms with E-state index in [-0.39, 0.29) is 18.1 Å². The zero-order valence-electron chi connectivity index (χ0n) is 10.7. The Morgan fingerprint density at radius 3 is 2.71 bits per heavy atom. The third-order valence-electron chi connectivity index (χ3n) is 4.19. The van der Waals surface area contributed by atoms with E-state index in [1.807, 2.05) is 4.90 Å². The van der Waals surface area contributed by atoms with Gasteiger partial charge in [0.1, 0.15) is 0 Å². The van der Waals surface area contributed by atoms with Crippen molar-refractivity contribution in [3.63, 3.8) is 0 Å². The van der Waals surface area contributed by atoms with Crippen LogP contribution in [0.25, 0.3) is 0 Å². The molecular formula is C13H24N2O2. The molecule has 0 bridgehead atoms. The molecule has 2 unspecified atom stereocenters. The molecule has 2 atom stereocenters. The molecule has 1 aliphatic heterocycles. The highest BCUT2D eigenvalue weighted by Gasteiger charge is 2.30. The van der Waals surface area contributed by atoms with Crippen LogP contribution >= 0.6 is 0 Å². The number of urea groups is 1. The maximum absolute atomic E-state index is 12.1. The Kier molecular flexibility index (Phi) is 4.26. The topological polar surface area (TPSA) is 52.6 Å². The number of carbonyl (C=O) groups is 1. The minimum Gasteiger partial charge on any atom is -0.393 e. The van der Waals surface area contributed by atoms with Gasteiger partial charge in [-0.3, -0.25) is 0 Å². The molecule has 17 heavy (non-hydrogen) atoms. The number of amides is 2. The number of nitrogens with zero attached hydrogens (tertiary/aromatic N) is 1. The van der Waals surface area contributed by atoms with Crippen LogP contribution in [0.2, 0.25) is 0 Å². The van der Waals surface area contributed by atoms with E-state index in [4.69, 9.17) is 0 Å². The summed E-state index contributed by atoms with van der Waals surface area (Å²) in [5.74, 6) is 0.248. The lowest BCUT2D eigenvalue weighted by Gasteiger charge is -2.36. The van der Waals surface area contributed by atoms with Crippen LogP contribution in [0.1, 0.15) is 45.4 Å². The molecule has 2 rings (SSSR count). The van der Waals surface area contributed by atoms with E-state index in [0.717, 1.165) is 25.7 Å². The van der Waals surface area contributed by atoms with Crippen molar-refractivity contribution in [2.45, 2.75) is 57.6 Å². The summed E-state index contributed by atoms with van der Waals surface area (Å²) in [6.45, 7) is 3.47. The molecule has 0 radical (unpaired) electrons. The summed E-state index contributed by atoms with van der Waals surface area (Å²) >= 11 is 0. The van der Waals surface area contributed by atoms with Crippen LogP contribution in [0.4, 0.5) is 4.79 Å². The molecule has 0 aromatic heterocycles. The molecule has 0 aromatic rings. The van der Waals surface area contributed by atoms with Crippen LogP contribution in [-0.4, -0.2) is 41.3 Å². The molecule has 4 nitrogen and oxygen atoms in total. The maximum atomic E-state index is 12.1. The molecule has 4 heteroatoms. The average molecular weight is 240 g/mol. The van der Waals surface area contributed by atoms with Crippen molar-refractivity contribution >= 4 is 6.03 Å². The zero-order chi connectivity index (χ0) is 12.3. The number of hydrogen-bond donors (Lipinski definition) is 2. The van der Waals surface area contributed by atoms with Gasteiger partial charge < -0.3 is 15.3 Å². The number of aliphatic hydroxyl groups excluding tert-OH is 1. The second kappa shape index (κ2) is 5.71.